The van der Waals surface area contributed by atoms with E-state index in [2.05, 4.69) is 5.32 Å². The summed E-state index contributed by atoms with van der Waals surface area (Å²) in [7, 11) is -3.41. The molecule has 0 aliphatic heterocycles. The summed E-state index contributed by atoms with van der Waals surface area (Å²) in [6.45, 7) is 1.74. The lowest BCUT2D eigenvalue weighted by molar-refractivity contribution is -0.122. The second kappa shape index (κ2) is 8.32. The van der Waals surface area contributed by atoms with E-state index in [4.69, 9.17) is 11.6 Å². The van der Waals surface area contributed by atoms with E-state index in [-0.39, 0.29) is 24.5 Å². The Labute approximate surface area is 149 Å². The molecule has 7 heteroatoms. The van der Waals surface area contributed by atoms with Gasteiger partial charge in [-0.15, -0.1) is 0 Å². The highest BCUT2D eigenvalue weighted by molar-refractivity contribution is 7.88. The summed E-state index contributed by atoms with van der Waals surface area (Å²) in [6.07, 6.45) is 5.99. The Morgan fingerprint density at radius 3 is 2.38 bits per heavy atom. The molecule has 0 unspecified atom stereocenters. The van der Waals surface area contributed by atoms with Crippen LogP contribution in [0.15, 0.2) is 24.3 Å². The van der Waals surface area contributed by atoms with Crippen molar-refractivity contribution >= 4 is 27.5 Å². The molecule has 1 aliphatic rings. The predicted molar refractivity (Wildman–Crippen MR) is 96.4 cm³/mol. The molecule has 0 heterocycles. The van der Waals surface area contributed by atoms with Gasteiger partial charge in [0.1, 0.15) is 0 Å². The summed E-state index contributed by atoms with van der Waals surface area (Å²) >= 11 is 5.87. The molecule has 1 fully saturated rings. The third kappa shape index (κ3) is 5.46. The summed E-state index contributed by atoms with van der Waals surface area (Å²) in [4.78, 5) is 12.4. The lowest BCUT2D eigenvalue weighted by atomic mass is 9.95. The molecule has 5 nitrogen and oxygen atoms in total. The zero-order valence-electron chi connectivity index (χ0n) is 14.2. The van der Waals surface area contributed by atoms with Crippen molar-refractivity contribution in [2.45, 2.75) is 51.1 Å². The number of nitrogens with one attached hydrogen (secondary N) is 1. The highest BCUT2D eigenvalue weighted by Gasteiger charge is 2.30. The second-order valence-electron chi connectivity index (χ2n) is 6.44. The maximum Gasteiger partial charge on any atom is 0.235 e. The molecule has 0 bridgehead atoms. The van der Waals surface area contributed by atoms with Crippen molar-refractivity contribution in [2.75, 3.05) is 12.8 Å². The van der Waals surface area contributed by atoms with E-state index in [1.807, 2.05) is 19.1 Å². The van der Waals surface area contributed by atoms with Crippen LogP contribution in [0.1, 0.15) is 50.6 Å². The Morgan fingerprint density at radius 2 is 1.83 bits per heavy atom. The molecule has 2 rings (SSSR count). The number of hydrogen-bond acceptors (Lipinski definition) is 3. The minimum Gasteiger partial charge on any atom is -0.348 e. The third-order valence-electron chi connectivity index (χ3n) is 4.45. The minimum absolute atomic E-state index is 0.0645. The van der Waals surface area contributed by atoms with Gasteiger partial charge in [-0.25, -0.2) is 8.42 Å². The zero-order valence-corrected chi connectivity index (χ0v) is 15.7. The van der Waals surface area contributed by atoms with Crippen LogP contribution >= 0.6 is 11.6 Å². The highest BCUT2D eigenvalue weighted by Crippen LogP contribution is 2.24. The Balaban J connectivity index is 2.00. The van der Waals surface area contributed by atoms with Gasteiger partial charge in [-0.3, -0.25) is 4.79 Å². The topological polar surface area (TPSA) is 66.5 Å². The molecule has 1 saturated carbocycles. The average Bonchev–Trinajstić information content (AvgIpc) is 2.53. The van der Waals surface area contributed by atoms with Crippen LogP contribution in [0.25, 0.3) is 0 Å². The predicted octanol–water partition coefficient (Wildman–Crippen LogP) is 3.11. The maximum atomic E-state index is 12.4. The van der Waals surface area contributed by atoms with Crippen molar-refractivity contribution < 1.29 is 13.2 Å². The molecule has 1 aliphatic carbocycles. The number of carbonyl (C=O) groups is 1. The lowest BCUT2D eigenvalue weighted by Crippen LogP contribution is -2.46. The highest BCUT2D eigenvalue weighted by atomic mass is 35.5. The molecule has 1 aromatic rings. The van der Waals surface area contributed by atoms with Crippen LogP contribution in [-0.2, 0) is 14.8 Å². The van der Waals surface area contributed by atoms with E-state index in [0.717, 1.165) is 37.7 Å². The SMILES string of the molecule is C[C@@H](NC(=O)CN(C1CCCCC1)S(C)(=O)=O)c1ccc(Cl)cc1. The standard InChI is InChI=1S/C17H25ClN2O3S/c1-13(14-8-10-15(18)11-9-14)19-17(21)12-20(24(2,22)23)16-6-4-3-5-7-16/h8-11,13,16H,3-7,12H2,1-2H3,(H,19,21)/t13-/m1/s1. The number of halogens is 1. The van der Waals surface area contributed by atoms with Crippen molar-refractivity contribution in [3.63, 3.8) is 0 Å². The fourth-order valence-corrected chi connectivity index (χ4v) is 4.38. The molecule has 1 atom stereocenters. The van der Waals surface area contributed by atoms with E-state index >= 15 is 0 Å². The normalized spacial score (nSPS) is 17.7. The molecule has 0 radical (unpaired) electrons. The van der Waals surface area contributed by atoms with E-state index in [1.54, 1.807) is 12.1 Å². The molecule has 1 aromatic carbocycles. The Kier molecular flexibility index (Phi) is 6.66. The van der Waals surface area contributed by atoms with Crippen LogP contribution in [0, 0.1) is 0 Å². The van der Waals surface area contributed by atoms with Crippen LogP contribution in [0.4, 0.5) is 0 Å². The van der Waals surface area contributed by atoms with Gasteiger partial charge in [-0.05, 0) is 37.5 Å². The first-order chi connectivity index (χ1) is 11.3. The number of amides is 1. The fraction of sp³-hybridized carbons (Fsp3) is 0.588. The first-order valence-electron chi connectivity index (χ1n) is 8.29. The van der Waals surface area contributed by atoms with Crippen molar-refractivity contribution in [3.8, 4) is 0 Å². The molecule has 0 saturated heterocycles. The van der Waals surface area contributed by atoms with E-state index < -0.39 is 10.0 Å². The van der Waals surface area contributed by atoms with Gasteiger partial charge in [-0.1, -0.05) is 43.0 Å². The number of benzene rings is 1. The molecule has 0 aromatic heterocycles. The Hall–Kier alpha value is -1.11. The van der Waals surface area contributed by atoms with Gasteiger partial charge in [0, 0.05) is 11.1 Å². The van der Waals surface area contributed by atoms with Crippen LogP contribution in [-0.4, -0.2) is 37.5 Å². The van der Waals surface area contributed by atoms with Gasteiger partial charge >= 0.3 is 0 Å². The number of carbonyl (C=O) groups excluding carboxylic acids is 1. The smallest absolute Gasteiger partial charge is 0.235 e. The van der Waals surface area contributed by atoms with Crippen molar-refractivity contribution in [1.29, 1.82) is 0 Å². The number of rotatable bonds is 6. The molecule has 134 valence electrons. The largest absolute Gasteiger partial charge is 0.348 e. The van der Waals surface area contributed by atoms with E-state index in [1.165, 1.54) is 10.6 Å². The molecule has 24 heavy (non-hydrogen) atoms. The third-order valence-corrected chi connectivity index (χ3v) is 5.99. The average molecular weight is 373 g/mol. The van der Waals surface area contributed by atoms with Crippen LogP contribution in [0.5, 0.6) is 0 Å². The second-order valence-corrected chi connectivity index (χ2v) is 8.81. The van der Waals surface area contributed by atoms with Crippen molar-refractivity contribution in [1.82, 2.24) is 9.62 Å². The van der Waals surface area contributed by atoms with Gasteiger partial charge in [-0.2, -0.15) is 4.31 Å². The van der Waals surface area contributed by atoms with Gasteiger partial charge in [0.25, 0.3) is 0 Å². The van der Waals surface area contributed by atoms with Crippen LogP contribution < -0.4 is 5.32 Å². The minimum atomic E-state index is -3.41. The Bertz CT molecular complexity index is 655. The van der Waals surface area contributed by atoms with Gasteiger partial charge in [0.05, 0.1) is 18.8 Å². The summed E-state index contributed by atoms with van der Waals surface area (Å²) in [5.41, 5.74) is 0.927. The van der Waals surface area contributed by atoms with Crippen molar-refractivity contribution in [3.05, 3.63) is 34.9 Å². The lowest BCUT2D eigenvalue weighted by Gasteiger charge is -2.32. The van der Waals surface area contributed by atoms with Gasteiger partial charge in [0.15, 0.2) is 0 Å². The summed E-state index contributed by atoms with van der Waals surface area (Å²) in [6, 6.07) is 6.97. The number of nitrogens with zero attached hydrogens (tertiary/aromatic N) is 1. The molecular formula is C17H25ClN2O3S. The maximum absolute atomic E-state index is 12.4. The molecular weight excluding hydrogens is 348 g/mol. The number of hydrogen-bond donors (Lipinski definition) is 1. The van der Waals surface area contributed by atoms with Crippen LogP contribution in [0.2, 0.25) is 5.02 Å². The van der Waals surface area contributed by atoms with Gasteiger partial charge in [0.2, 0.25) is 15.9 Å². The quantitative estimate of drug-likeness (QED) is 0.834. The summed E-state index contributed by atoms with van der Waals surface area (Å²) in [5.74, 6) is -0.284. The van der Waals surface area contributed by atoms with Crippen LogP contribution in [0.3, 0.4) is 0 Å². The summed E-state index contributed by atoms with van der Waals surface area (Å²) in [5, 5.41) is 3.51. The summed E-state index contributed by atoms with van der Waals surface area (Å²) < 4.78 is 25.5. The van der Waals surface area contributed by atoms with Gasteiger partial charge < -0.3 is 5.32 Å². The van der Waals surface area contributed by atoms with Crippen molar-refractivity contribution in [2.24, 2.45) is 0 Å². The molecule has 0 spiro atoms. The molecule has 1 amide bonds. The van der Waals surface area contributed by atoms with E-state index in [0.29, 0.717) is 5.02 Å². The number of sulfonamides is 1. The van der Waals surface area contributed by atoms with E-state index in [9.17, 15) is 13.2 Å². The monoisotopic (exact) mass is 372 g/mol. The zero-order chi connectivity index (χ0) is 17.7. The first kappa shape index (κ1) is 19.2. The molecule has 1 N–H and O–H groups in total. The Morgan fingerprint density at radius 1 is 1.25 bits per heavy atom. The fourth-order valence-electron chi connectivity index (χ4n) is 3.15. The first-order valence-corrected chi connectivity index (χ1v) is 10.5.